The van der Waals surface area contributed by atoms with Gasteiger partial charge in [-0.2, -0.15) is 0 Å². The molecule has 1 spiro atoms. The maximum Gasteiger partial charge on any atom is 0.261 e. The van der Waals surface area contributed by atoms with Crippen molar-refractivity contribution in [2.75, 3.05) is 15.1 Å². The van der Waals surface area contributed by atoms with E-state index in [2.05, 4.69) is 161 Å². The van der Waals surface area contributed by atoms with Gasteiger partial charge in [-0.3, -0.25) is 4.90 Å². The van der Waals surface area contributed by atoms with E-state index in [1.165, 1.54) is 27.7 Å². The van der Waals surface area contributed by atoms with Crippen LogP contribution >= 0.6 is 0 Å². The first kappa shape index (κ1) is 26.3. The maximum atomic E-state index is 7.05. The highest BCUT2D eigenvalue weighted by molar-refractivity contribution is 6.99. The van der Waals surface area contributed by atoms with Crippen molar-refractivity contribution in [1.82, 2.24) is 0 Å². The van der Waals surface area contributed by atoms with Crippen molar-refractivity contribution < 1.29 is 14.2 Å². The monoisotopic (exact) mass is 655 g/mol. The number of benzene rings is 7. The third-order valence-corrected chi connectivity index (χ3v) is 11.8. The highest BCUT2D eigenvalue weighted by Crippen LogP contribution is 2.58. The molecule has 7 aromatic rings. The second-order valence-electron chi connectivity index (χ2n) is 14.0. The molecule has 7 aromatic carbocycles. The zero-order valence-corrected chi connectivity index (χ0v) is 27.1. The van der Waals surface area contributed by atoms with Crippen LogP contribution in [0.2, 0.25) is 0 Å². The van der Waals surface area contributed by atoms with E-state index in [1.807, 2.05) is 0 Å². The summed E-state index contributed by atoms with van der Waals surface area (Å²) in [5.74, 6) is 5.15. The Labute approximate surface area is 294 Å². The predicted molar refractivity (Wildman–Crippen MR) is 201 cm³/mol. The first-order valence-electron chi connectivity index (χ1n) is 17.5. The van der Waals surface area contributed by atoms with Crippen molar-refractivity contribution in [1.29, 1.82) is 0 Å². The number of fused-ring (bicyclic) bond motifs is 11. The van der Waals surface area contributed by atoms with Crippen LogP contribution < -0.4 is 45.7 Å². The second-order valence-corrected chi connectivity index (χ2v) is 14.0. The average molecular weight is 656 g/mol. The standard InChI is InChI=1S/C44H26BN3O3/c1-7-19-34-26(11-1)44(27-12-2-8-20-35(27)49-34)28-13-9-21-36-40(28)45-41-29(44)14-10-22-37(41)51-39-24-25(23-38(50-36)42(39)45)47-32-17-5-6-18-33(32)48-31-16-4-3-15-30(31)46-43(47)48/h1-24,43,46H. The smallest absolute Gasteiger partial charge is 0.261 e. The molecular weight excluding hydrogens is 629 g/mol. The summed E-state index contributed by atoms with van der Waals surface area (Å²) in [6.07, 6.45) is -0.127. The summed E-state index contributed by atoms with van der Waals surface area (Å²) in [6.45, 7) is -0.0482. The summed E-state index contributed by atoms with van der Waals surface area (Å²) in [4.78, 5) is 4.74. The molecule has 6 nitrogen and oxygen atoms in total. The molecule has 6 aliphatic rings. The minimum absolute atomic E-state index is 0.0482. The van der Waals surface area contributed by atoms with E-state index in [4.69, 9.17) is 14.2 Å². The van der Waals surface area contributed by atoms with Crippen LogP contribution in [0.15, 0.2) is 146 Å². The first-order chi connectivity index (χ1) is 25.3. The Morgan fingerprint density at radius 1 is 0.451 bits per heavy atom. The van der Waals surface area contributed by atoms with Crippen molar-refractivity contribution in [3.63, 3.8) is 0 Å². The number of anilines is 5. The van der Waals surface area contributed by atoms with Gasteiger partial charge in [-0.25, -0.2) is 0 Å². The zero-order chi connectivity index (χ0) is 33.0. The summed E-state index contributed by atoms with van der Waals surface area (Å²) in [5.41, 5.74) is 13.1. The largest absolute Gasteiger partial charge is 0.458 e. The van der Waals surface area contributed by atoms with Crippen molar-refractivity contribution in [2.24, 2.45) is 0 Å². The molecule has 0 bridgehead atoms. The molecule has 0 aliphatic carbocycles. The quantitative estimate of drug-likeness (QED) is 0.180. The number of hydrogen-bond acceptors (Lipinski definition) is 6. The molecule has 1 N–H and O–H groups in total. The Kier molecular flexibility index (Phi) is 4.61. The molecule has 0 fully saturated rings. The highest BCUT2D eigenvalue weighted by atomic mass is 16.5. The fraction of sp³-hybridized carbons (Fsp3) is 0.0455. The Morgan fingerprint density at radius 3 is 1.59 bits per heavy atom. The molecule has 51 heavy (non-hydrogen) atoms. The molecule has 1 unspecified atom stereocenters. The molecule has 6 aliphatic heterocycles. The third kappa shape index (κ3) is 3.00. The van der Waals surface area contributed by atoms with Crippen LogP contribution in [0.3, 0.4) is 0 Å². The Hall–Kier alpha value is -6.60. The SMILES string of the molecule is c1ccc2c(c1)NC1N(c3cc4c5c(c3)Oc3cccc6c3B5c3c(cccc3C63c5ccccc5Oc5ccccc53)O4)c3ccccc3N21. The van der Waals surface area contributed by atoms with Crippen LogP contribution in [0.4, 0.5) is 28.4 Å². The van der Waals surface area contributed by atoms with Crippen molar-refractivity contribution in [3.05, 3.63) is 168 Å². The molecule has 0 radical (unpaired) electrons. The number of nitrogens with one attached hydrogen (secondary N) is 1. The number of rotatable bonds is 1. The predicted octanol–water partition coefficient (Wildman–Crippen LogP) is 8.21. The average Bonchev–Trinajstić information content (AvgIpc) is 3.71. The van der Waals surface area contributed by atoms with Gasteiger partial charge in [0.15, 0.2) is 6.29 Å². The normalized spacial score (nSPS) is 17.5. The Balaban J connectivity index is 1.06. The lowest BCUT2D eigenvalue weighted by Crippen LogP contribution is -2.65. The van der Waals surface area contributed by atoms with Gasteiger partial charge in [-0.1, -0.05) is 84.9 Å². The Bertz CT molecular complexity index is 2600. The number of hydrogen-bond donors (Lipinski definition) is 1. The van der Waals surface area contributed by atoms with Gasteiger partial charge in [0.25, 0.3) is 6.71 Å². The zero-order valence-electron chi connectivity index (χ0n) is 27.1. The summed E-state index contributed by atoms with van der Waals surface area (Å²) < 4.78 is 20.7. The maximum absolute atomic E-state index is 7.05. The van der Waals surface area contributed by atoms with E-state index in [9.17, 15) is 0 Å². The molecule has 0 saturated heterocycles. The van der Waals surface area contributed by atoms with Crippen molar-refractivity contribution in [3.8, 4) is 34.5 Å². The van der Waals surface area contributed by atoms with Gasteiger partial charge in [-0.15, -0.1) is 0 Å². The third-order valence-electron chi connectivity index (χ3n) is 11.8. The number of ether oxygens (including phenoxy) is 3. The molecular formula is C44H26BN3O3. The van der Waals surface area contributed by atoms with E-state index in [0.717, 1.165) is 73.8 Å². The minimum atomic E-state index is -0.619. The lowest BCUT2D eigenvalue weighted by atomic mass is 9.29. The van der Waals surface area contributed by atoms with E-state index in [1.54, 1.807) is 0 Å². The fourth-order valence-electron chi connectivity index (χ4n) is 9.95. The second kappa shape index (κ2) is 8.95. The van der Waals surface area contributed by atoms with Gasteiger partial charge >= 0.3 is 0 Å². The first-order valence-corrected chi connectivity index (χ1v) is 17.5. The number of nitrogens with zero attached hydrogens (tertiary/aromatic N) is 2. The summed E-state index contributed by atoms with van der Waals surface area (Å²) in [5, 5.41) is 3.79. The molecule has 13 rings (SSSR count). The molecule has 0 saturated carbocycles. The van der Waals surface area contributed by atoms with E-state index < -0.39 is 5.41 Å². The summed E-state index contributed by atoms with van der Waals surface area (Å²) >= 11 is 0. The van der Waals surface area contributed by atoms with E-state index in [0.29, 0.717) is 0 Å². The molecule has 1 atom stereocenters. The lowest BCUT2D eigenvalue weighted by Gasteiger charge is -2.49. The summed E-state index contributed by atoms with van der Waals surface area (Å²) in [6, 6.07) is 51.6. The van der Waals surface area contributed by atoms with Crippen molar-refractivity contribution >= 4 is 51.5 Å². The molecule has 0 aromatic heterocycles. The Morgan fingerprint density at radius 2 is 0.941 bits per heavy atom. The van der Waals surface area contributed by atoms with Gasteiger partial charge in [0, 0.05) is 28.7 Å². The van der Waals surface area contributed by atoms with Crippen LogP contribution in [-0.4, -0.2) is 13.0 Å². The van der Waals surface area contributed by atoms with E-state index in [-0.39, 0.29) is 13.0 Å². The number of para-hydroxylation sites is 6. The van der Waals surface area contributed by atoms with Gasteiger partial charge in [0.2, 0.25) is 0 Å². The van der Waals surface area contributed by atoms with Crippen LogP contribution in [0.25, 0.3) is 0 Å². The molecule has 238 valence electrons. The van der Waals surface area contributed by atoms with Crippen LogP contribution in [0.5, 0.6) is 34.5 Å². The summed E-state index contributed by atoms with van der Waals surface area (Å²) in [7, 11) is 0. The van der Waals surface area contributed by atoms with Crippen molar-refractivity contribution in [2.45, 2.75) is 11.7 Å². The van der Waals surface area contributed by atoms with Crippen LogP contribution in [-0.2, 0) is 5.41 Å². The fourth-order valence-corrected chi connectivity index (χ4v) is 9.95. The van der Waals surface area contributed by atoms with Gasteiger partial charge < -0.3 is 24.4 Å². The highest BCUT2D eigenvalue weighted by Gasteiger charge is 2.57. The molecule has 7 heteroatoms. The van der Waals surface area contributed by atoms with Gasteiger partial charge in [0.1, 0.15) is 34.5 Å². The van der Waals surface area contributed by atoms with Gasteiger partial charge in [0.05, 0.1) is 33.9 Å². The molecule has 0 amide bonds. The van der Waals surface area contributed by atoms with Gasteiger partial charge in [-0.05, 0) is 70.6 Å². The molecule has 6 heterocycles. The lowest BCUT2D eigenvalue weighted by molar-refractivity contribution is 0.431. The van der Waals surface area contributed by atoms with E-state index >= 15 is 0 Å². The van der Waals surface area contributed by atoms with Crippen LogP contribution in [0, 0.1) is 0 Å². The topological polar surface area (TPSA) is 46.2 Å². The minimum Gasteiger partial charge on any atom is -0.458 e. The van der Waals surface area contributed by atoms with Crippen LogP contribution in [0.1, 0.15) is 22.3 Å².